The molecule has 2 amide bonds. The van der Waals surface area contributed by atoms with E-state index in [4.69, 9.17) is 27.9 Å². The van der Waals surface area contributed by atoms with E-state index >= 15 is 0 Å². The predicted molar refractivity (Wildman–Crippen MR) is 158 cm³/mol. The molecule has 0 aliphatic rings. The summed E-state index contributed by atoms with van der Waals surface area (Å²) in [5.41, 5.74) is 0.259. The van der Waals surface area contributed by atoms with Crippen LogP contribution in [0.4, 0.5) is 5.69 Å². The van der Waals surface area contributed by atoms with Crippen LogP contribution >= 0.6 is 23.2 Å². The Morgan fingerprint density at radius 2 is 1.60 bits per heavy atom. The van der Waals surface area contributed by atoms with Crippen molar-refractivity contribution in [3.63, 3.8) is 0 Å². The number of carbonyl (C=O) groups excluding carboxylic acids is 2. The van der Waals surface area contributed by atoms with Crippen LogP contribution < -0.4 is 14.4 Å². The second kappa shape index (κ2) is 12.9. The zero-order chi connectivity index (χ0) is 29.7. The van der Waals surface area contributed by atoms with E-state index in [0.717, 1.165) is 4.31 Å². The molecule has 0 heterocycles. The lowest BCUT2D eigenvalue weighted by Crippen LogP contribution is -2.54. The number of nitrogens with one attached hydrogen (secondary N) is 1. The van der Waals surface area contributed by atoms with Gasteiger partial charge in [-0.1, -0.05) is 47.5 Å². The number of ether oxygens (including phenoxy) is 1. The van der Waals surface area contributed by atoms with E-state index < -0.39 is 40.0 Å². The molecule has 0 radical (unpaired) electrons. The van der Waals surface area contributed by atoms with Crippen LogP contribution in [0.1, 0.15) is 33.3 Å². The van der Waals surface area contributed by atoms with E-state index in [0.29, 0.717) is 21.4 Å². The number of benzene rings is 3. The van der Waals surface area contributed by atoms with Gasteiger partial charge in [0.15, 0.2) is 0 Å². The number of halogens is 2. The first-order valence-electron chi connectivity index (χ1n) is 12.5. The van der Waals surface area contributed by atoms with Crippen molar-refractivity contribution >= 4 is 50.7 Å². The van der Waals surface area contributed by atoms with Crippen LogP contribution in [0, 0.1) is 0 Å². The van der Waals surface area contributed by atoms with Gasteiger partial charge in [-0.05, 0) is 81.8 Å². The lowest BCUT2D eigenvalue weighted by Gasteiger charge is -2.33. The second-order valence-electron chi connectivity index (χ2n) is 10.2. The molecule has 0 spiro atoms. The Balaban J connectivity index is 2.05. The molecule has 1 N–H and O–H groups in total. The molecule has 8 nitrogen and oxygen atoms in total. The standard InChI is InChI=1S/C29H33Cl2N3O5S/c1-20(28(36)32-29(2,3)4)33(18-21-11-12-22(30)17-26(21)31)27(35)19-34(23-13-15-24(39-5)16-14-23)40(37,38)25-9-7-6-8-10-25/h6-17,20H,18-19H2,1-5H3,(H,32,36)/t20-/m1/s1. The highest BCUT2D eigenvalue weighted by atomic mass is 35.5. The van der Waals surface area contributed by atoms with E-state index in [1.165, 1.54) is 24.1 Å². The summed E-state index contributed by atoms with van der Waals surface area (Å²) in [6, 6.07) is 18.1. The van der Waals surface area contributed by atoms with Gasteiger partial charge in [0.2, 0.25) is 11.8 Å². The molecule has 11 heteroatoms. The average molecular weight is 607 g/mol. The minimum atomic E-state index is -4.16. The van der Waals surface area contributed by atoms with Gasteiger partial charge >= 0.3 is 0 Å². The molecule has 3 aromatic carbocycles. The highest BCUT2D eigenvalue weighted by Crippen LogP contribution is 2.27. The maximum Gasteiger partial charge on any atom is 0.264 e. The van der Waals surface area contributed by atoms with Crippen LogP contribution in [0.15, 0.2) is 77.7 Å². The lowest BCUT2D eigenvalue weighted by atomic mass is 10.1. The molecule has 0 saturated heterocycles. The first kappa shape index (κ1) is 31.3. The summed E-state index contributed by atoms with van der Waals surface area (Å²) in [5.74, 6) is -0.468. The van der Waals surface area contributed by atoms with E-state index in [2.05, 4.69) is 5.32 Å². The van der Waals surface area contributed by atoms with Crippen LogP contribution in [0.3, 0.4) is 0 Å². The normalized spacial score (nSPS) is 12.4. The molecule has 0 aliphatic carbocycles. The molecule has 214 valence electrons. The maximum absolute atomic E-state index is 14.0. The Bertz CT molecular complexity index is 1440. The predicted octanol–water partition coefficient (Wildman–Crippen LogP) is 5.53. The Kier molecular flexibility index (Phi) is 10.1. The van der Waals surface area contributed by atoms with Crippen molar-refractivity contribution in [2.45, 2.75) is 50.7 Å². The van der Waals surface area contributed by atoms with Crippen molar-refractivity contribution in [2.75, 3.05) is 18.0 Å². The SMILES string of the molecule is COc1ccc(N(CC(=O)N(Cc2ccc(Cl)cc2Cl)[C@H](C)C(=O)NC(C)(C)C)S(=O)(=O)c2ccccc2)cc1. The third-order valence-corrected chi connectivity index (χ3v) is 8.37. The summed E-state index contributed by atoms with van der Waals surface area (Å²) in [7, 11) is -2.66. The van der Waals surface area contributed by atoms with Gasteiger partial charge in [-0.3, -0.25) is 13.9 Å². The van der Waals surface area contributed by atoms with Crippen molar-refractivity contribution in [2.24, 2.45) is 0 Å². The molecule has 0 aliphatic heterocycles. The third-order valence-electron chi connectivity index (χ3n) is 5.99. The van der Waals surface area contributed by atoms with Crippen LogP contribution in [0.25, 0.3) is 0 Å². The first-order valence-corrected chi connectivity index (χ1v) is 14.7. The molecule has 0 unspecified atom stereocenters. The van der Waals surface area contributed by atoms with Gasteiger partial charge in [-0.15, -0.1) is 0 Å². The van der Waals surface area contributed by atoms with Gasteiger partial charge in [-0.2, -0.15) is 0 Å². The molecule has 40 heavy (non-hydrogen) atoms. The van der Waals surface area contributed by atoms with Gasteiger partial charge in [0, 0.05) is 22.1 Å². The number of sulfonamides is 1. The first-order chi connectivity index (χ1) is 18.7. The fraction of sp³-hybridized carbons (Fsp3) is 0.310. The van der Waals surface area contributed by atoms with E-state index in [9.17, 15) is 18.0 Å². The quantitative estimate of drug-likeness (QED) is 0.328. The minimum Gasteiger partial charge on any atom is -0.497 e. The number of methoxy groups -OCH3 is 1. The molecule has 0 fully saturated rings. The summed E-state index contributed by atoms with van der Waals surface area (Å²) in [6.45, 7) is 6.47. The summed E-state index contributed by atoms with van der Waals surface area (Å²) in [5, 5.41) is 3.62. The molecule has 0 bridgehead atoms. The molecular weight excluding hydrogens is 573 g/mol. The number of anilines is 1. The Morgan fingerprint density at radius 1 is 0.975 bits per heavy atom. The van der Waals surface area contributed by atoms with Crippen LogP contribution in [0.2, 0.25) is 10.0 Å². The summed E-state index contributed by atoms with van der Waals surface area (Å²) in [6.07, 6.45) is 0. The molecular formula is C29H33Cl2N3O5S. The second-order valence-corrected chi connectivity index (χ2v) is 12.9. The number of hydrogen-bond acceptors (Lipinski definition) is 5. The van der Waals surface area contributed by atoms with Gasteiger partial charge < -0.3 is 15.0 Å². The fourth-order valence-corrected chi connectivity index (χ4v) is 5.79. The minimum absolute atomic E-state index is 0.0180. The Hall–Kier alpha value is -3.27. The van der Waals surface area contributed by atoms with Gasteiger partial charge in [0.1, 0.15) is 18.3 Å². The summed E-state index contributed by atoms with van der Waals surface area (Å²) >= 11 is 12.5. The van der Waals surface area contributed by atoms with Gasteiger partial charge in [-0.25, -0.2) is 8.42 Å². The number of rotatable bonds is 10. The number of amides is 2. The van der Waals surface area contributed by atoms with Crippen molar-refractivity contribution in [3.05, 3.63) is 88.4 Å². The third kappa shape index (κ3) is 7.90. The smallest absolute Gasteiger partial charge is 0.264 e. The molecule has 3 aromatic rings. The van der Waals surface area contributed by atoms with Gasteiger partial charge in [0.25, 0.3) is 10.0 Å². The number of hydrogen-bond donors (Lipinski definition) is 1. The van der Waals surface area contributed by atoms with Crippen LogP contribution in [-0.4, -0.2) is 50.4 Å². The lowest BCUT2D eigenvalue weighted by molar-refractivity contribution is -0.140. The van der Waals surface area contributed by atoms with E-state index in [-0.39, 0.29) is 17.1 Å². The molecule has 1 atom stereocenters. The molecule has 0 saturated carbocycles. The summed E-state index contributed by atoms with van der Waals surface area (Å²) < 4.78 is 33.8. The maximum atomic E-state index is 14.0. The Morgan fingerprint density at radius 3 is 2.15 bits per heavy atom. The number of nitrogens with zero attached hydrogens (tertiary/aromatic N) is 2. The van der Waals surface area contributed by atoms with Crippen LogP contribution in [0.5, 0.6) is 5.75 Å². The van der Waals surface area contributed by atoms with Crippen molar-refractivity contribution in [1.82, 2.24) is 10.2 Å². The van der Waals surface area contributed by atoms with Crippen molar-refractivity contribution in [1.29, 1.82) is 0 Å². The largest absolute Gasteiger partial charge is 0.497 e. The fourth-order valence-electron chi connectivity index (χ4n) is 3.89. The average Bonchev–Trinajstić information content (AvgIpc) is 2.90. The molecule has 3 rings (SSSR count). The monoisotopic (exact) mass is 605 g/mol. The summed E-state index contributed by atoms with van der Waals surface area (Å²) in [4.78, 5) is 28.5. The number of carbonyl (C=O) groups is 2. The van der Waals surface area contributed by atoms with E-state index in [1.807, 2.05) is 20.8 Å². The highest BCUT2D eigenvalue weighted by molar-refractivity contribution is 7.92. The highest BCUT2D eigenvalue weighted by Gasteiger charge is 2.33. The van der Waals surface area contributed by atoms with Gasteiger partial charge in [0.05, 0.1) is 17.7 Å². The van der Waals surface area contributed by atoms with E-state index in [1.54, 1.807) is 67.6 Å². The molecule has 0 aromatic heterocycles. The zero-order valence-electron chi connectivity index (χ0n) is 23.0. The Labute approximate surface area is 245 Å². The topological polar surface area (TPSA) is 96.0 Å². The van der Waals surface area contributed by atoms with Crippen molar-refractivity contribution in [3.8, 4) is 5.75 Å². The zero-order valence-corrected chi connectivity index (χ0v) is 25.3. The van der Waals surface area contributed by atoms with Crippen molar-refractivity contribution < 1.29 is 22.7 Å². The van der Waals surface area contributed by atoms with Crippen LogP contribution in [-0.2, 0) is 26.2 Å².